The van der Waals surface area contributed by atoms with Gasteiger partial charge in [0, 0.05) is 6.04 Å². The van der Waals surface area contributed by atoms with Crippen molar-refractivity contribution in [3.05, 3.63) is 35.9 Å². The Bertz CT molecular complexity index is 394. The molecule has 1 aliphatic heterocycles. The molecule has 106 valence electrons. The SMILES string of the molecule is CC(N[C@@H](CO)[C@@H]1COC(C)(C)O1)c1ccccc1. The first-order chi connectivity index (χ1) is 9.02. The number of hydrogen-bond donors (Lipinski definition) is 2. The van der Waals surface area contributed by atoms with Crippen molar-refractivity contribution < 1.29 is 14.6 Å². The van der Waals surface area contributed by atoms with E-state index < -0.39 is 5.79 Å². The third-order valence-corrected chi connectivity index (χ3v) is 3.44. The summed E-state index contributed by atoms with van der Waals surface area (Å²) in [5.41, 5.74) is 1.19. The number of nitrogens with one attached hydrogen (secondary N) is 1. The molecular weight excluding hydrogens is 242 g/mol. The molecule has 19 heavy (non-hydrogen) atoms. The van der Waals surface area contributed by atoms with Gasteiger partial charge in [0.1, 0.15) is 6.10 Å². The van der Waals surface area contributed by atoms with Gasteiger partial charge in [-0.15, -0.1) is 0 Å². The molecule has 3 atom stereocenters. The van der Waals surface area contributed by atoms with Crippen LogP contribution in [0.1, 0.15) is 32.4 Å². The molecular formula is C15H23NO3. The van der Waals surface area contributed by atoms with Crippen molar-refractivity contribution in [2.45, 2.75) is 44.7 Å². The first-order valence-corrected chi connectivity index (χ1v) is 6.75. The average molecular weight is 265 g/mol. The minimum Gasteiger partial charge on any atom is -0.395 e. The summed E-state index contributed by atoms with van der Waals surface area (Å²) >= 11 is 0. The zero-order chi connectivity index (χ0) is 13.9. The molecule has 4 nitrogen and oxygen atoms in total. The van der Waals surface area contributed by atoms with Gasteiger partial charge in [0.25, 0.3) is 0 Å². The van der Waals surface area contributed by atoms with Crippen LogP contribution in [0.3, 0.4) is 0 Å². The molecule has 0 amide bonds. The van der Waals surface area contributed by atoms with Crippen LogP contribution < -0.4 is 5.32 Å². The Morgan fingerprint density at radius 1 is 1.37 bits per heavy atom. The molecule has 0 bridgehead atoms. The Morgan fingerprint density at radius 3 is 2.58 bits per heavy atom. The van der Waals surface area contributed by atoms with Crippen molar-refractivity contribution in [1.29, 1.82) is 0 Å². The largest absolute Gasteiger partial charge is 0.395 e. The maximum Gasteiger partial charge on any atom is 0.163 e. The fraction of sp³-hybridized carbons (Fsp3) is 0.600. The van der Waals surface area contributed by atoms with E-state index in [4.69, 9.17) is 9.47 Å². The highest BCUT2D eigenvalue weighted by Gasteiger charge is 2.37. The topological polar surface area (TPSA) is 50.7 Å². The highest BCUT2D eigenvalue weighted by atomic mass is 16.7. The first-order valence-electron chi connectivity index (χ1n) is 6.75. The molecule has 1 aliphatic rings. The summed E-state index contributed by atoms with van der Waals surface area (Å²) in [5, 5.41) is 13.0. The van der Waals surface area contributed by atoms with Crippen molar-refractivity contribution in [2.24, 2.45) is 0 Å². The summed E-state index contributed by atoms with van der Waals surface area (Å²) in [7, 11) is 0. The summed E-state index contributed by atoms with van der Waals surface area (Å²) in [5.74, 6) is -0.560. The second-order valence-corrected chi connectivity index (χ2v) is 5.46. The van der Waals surface area contributed by atoms with Gasteiger partial charge in [-0.25, -0.2) is 0 Å². The van der Waals surface area contributed by atoms with E-state index >= 15 is 0 Å². The molecule has 1 heterocycles. The van der Waals surface area contributed by atoms with E-state index in [9.17, 15) is 5.11 Å². The van der Waals surface area contributed by atoms with Crippen LogP contribution in [0, 0.1) is 0 Å². The molecule has 0 radical (unpaired) electrons. The van der Waals surface area contributed by atoms with Crippen LogP contribution in [0.15, 0.2) is 30.3 Å². The summed E-state index contributed by atoms with van der Waals surface area (Å²) in [6.45, 7) is 6.40. The molecule has 1 unspecified atom stereocenters. The van der Waals surface area contributed by atoms with Gasteiger partial charge in [0.15, 0.2) is 5.79 Å². The van der Waals surface area contributed by atoms with Crippen molar-refractivity contribution in [3.8, 4) is 0 Å². The Kier molecular flexibility index (Phi) is 4.58. The Hall–Kier alpha value is -0.940. The Morgan fingerprint density at radius 2 is 2.05 bits per heavy atom. The van der Waals surface area contributed by atoms with Crippen molar-refractivity contribution in [3.63, 3.8) is 0 Å². The van der Waals surface area contributed by atoms with Crippen LogP contribution in [-0.4, -0.2) is 36.3 Å². The number of ether oxygens (including phenoxy) is 2. The quantitative estimate of drug-likeness (QED) is 0.853. The third-order valence-electron chi connectivity index (χ3n) is 3.44. The summed E-state index contributed by atoms with van der Waals surface area (Å²) in [4.78, 5) is 0. The van der Waals surface area contributed by atoms with E-state index in [2.05, 4.69) is 24.4 Å². The smallest absolute Gasteiger partial charge is 0.163 e. The predicted molar refractivity (Wildman–Crippen MR) is 73.8 cm³/mol. The van der Waals surface area contributed by atoms with Gasteiger partial charge in [-0.2, -0.15) is 0 Å². The molecule has 0 aliphatic carbocycles. The lowest BCUT2D eigenvalue weighted by molar-refractivity contribution is -0.143. The first kappa shape index (κ1) is 14.5. The zero-order valence-corrected chi connectivity index (χ0v) is 11.8. The fourth-order valence-electron chi connectivity index (χ4n) is 2.35. The molecule has 0 spiro atoms. The Labute approximate surface area is 114 Å². The molecule has 0 saturated carbocycles. The predicted octanol–water partition coefficient (Wildman–Crippen LogP) is 1.85. The van der Waals surface area contributed by atoms with Gasteiger partial charge in [-0.1, -0.05) is 30.3 Å². The van der Waals surface area contributed by atoms with E-state index in [0.29, 0.717) is 6.61 Å². The van der Waals surface area contributed by atoms with Crippen LogP contribution in [0.25, 0.3) is 0 Å². The van der Waals surface area contributed by atoms with E-state index in [0.717, 1.165) is 0 Å². The molecule has 1 aromatic rings. The number of hydrogen-bond acceptors (Lipinski definition) is 4. The van der Waals surface area contributed by atoms with Gasteiger partial charge < -0.3 is 19.9 Å². The highest BCUT2D eigenvalue weighted by molar-refractivity contribution is 5.18. The number of rotatable bonds is 5. The molecule has 2 N–H and O–H groups in total. The highest BCUT2D eigenvalue weighted by Crippen LogP contribution is 2.25. The van der Waals surface area contributed by atoms with E-state index in [1.807, 2.05) is 32.0 Å². The van der Waals surface area contributed by atoms with Gasteiger partial charge in [-0.3, -0.25) is 0 Å². The van der Waals surface area contributed by atoms with Crippen molar-refractivity contribution in [2.75, 3.05) is 13.2 Å². The molecule has 2 rings (SSSR count). The van der Waals surface area contributed by atoms with Crippen molar-refractivity contribution in [1.82, 2.24) is 5.32 Å². The molecule has 1 aromatic carbocycles. The maximum atomic E-state index is 9.55. The number of aliphatic hydroxyl groups is 1. The number of benzene rings is 1. The Balaban J connectivity index is 1.96. The van der Waals surface area contributed by atoms with Crippen molar-refractivity contribution >= 4 is 0 Å². The summed E-state index contributed by atoms with van der Waals surface area (Å²) in [6, 6.07) is 10.2. The van der Waals surface area contributed by atoms with Gasteiger partial charge in [-0.05, 0) is 26.3 Å². The van der Waals surface area contributed by atoms with Crippen LogP contribution >= 0.6 is 0 Å². The van der Waals surface area contributed by atoms with Gasteiger partial charge in [0.05, 0.1) is 19.3 Å². The van der Waals surface area contributed by atoms with E-state index in [-0.39, 0.29) is 24.8 Å². The third kappa shape index (κ3) is 3.76. The normalized spacial score (nSPS) is 25.2. The van der Waals surface area contributed by atoms with Gasteiger partial charge in [0.2, 0.25) is 0 Å². The second kappa shape index (κ2) is 6.01. The molecule has 4 heteroatoms. The monoisotopic (exact) mass is 265 g/mol. The molecule has 1 saturated heterocycles. The van der Waals surface area contributed by atoms with Gasteiger partial charge >= 0.3 is 0 Å². The molecule has 1 fully saturated rings. The lowest BCUT2D eigenvalue weighted by Gasteiger charge is -2.27. The second-order valence-electron chi connectivity index (χ2n) is 5.46. The van der Waals surface area contributed by atoms with E-state index in [1.165, 1.54) is 5.56 Å². The average Bonchev–Trinajstić information content (AvgIpc) is 2.77. The van der Waals surface area contributed by atoms with Crippen LogP contribution in [-0.2, 0) is 9.47 Å². The minimum atomic E-state index is -0.560. The zero-order valence-electron chi connectivity index (χ0n) is 11.8. The molecule has 0 aromatic heterocycles. The number of aliphatic hydroxyl groups excluding tert-OH is 1. The maximum absolute atomic E-state index is 9.55. The lowest BCUT2D eigenvalue weighted by Crippen LogP contribution is -2.45. The van der Waals surface area contributed by atoms with Crippen LogP contribution in [0.5, 0.6) is 0 Å². The fourth-order valence-corrected chi connectivity index (χ4v) is 2.35. The standard InChI is InChI=1S/C15H23NO3/c1-11(12-7-5-4-6-8-12)16-13(9-17)14-10-18-15(2,3)19-14/h4-8,11,13-14,16-17H,9-10H2,1-3H3/t11?,13-,14-/m0/s1. The lowest BCUT2D eigenvalue weighted by atomic mass is 10.1. The summed E-state index contributed by atoms with van der Waals surface area (Å²) in [6.07, 6.45) is -0.119. The van der Waals surface area contributed by atoms with Crippen LogP contribution in [0.2, 0.25) is 0 Å². The minimum absolute atomic E-state index is 0.0290. The summed E-state index contributed by atoms with van der Waals surface area (Å²) < 4.78 is 11.3. The van der Waals surface area contributed by atoms with Crippen LogP contribution in [0.4, 0.5) is 0 Å². The van der Waals surface area contributed by atoms with E-state index in [1.54, 1.807) is 0 Å².